The minimum atomic E-state index is -5.97. The molecular formula is C20H22F3N3O6S3. The normalized spacial score (nSPS) is 16.0. The highest BCUT2D eigenvalue weighted by Crippen LogP contribution is 2.36. The first-order chi connectivity index (χ1) is 16.2. The van der Waals surface area contributed by atoms with E-state index in [2.05, 4.69) is 5.32 Å². The Bertz CT molecular complexity index is 1280. The van der Waals surface area contributed by atoms with Gasteiger partial charge in [0.05, 0.1) is 16.7 Å². The lowest BCUT2D eigenvalue weighted by molar-refractivity contribution is -0.141. The van der Waals surface area contributed by atoms with Gasteiger partial charge < -0.3 is 15.3 Å². The Balaban J connectivity index is 1.95. The molecule has 0 radical (unpaired) electrons. The van der Waals surface area contributed by atoms with E-state index < -0.39 is 53.0 Å². The van der Waals surface area contributed by atoms with E-state index in [0.717, 1.165) is 17.0 Å². The quantitative estimate of drug-likeness (QED) is 0.399. The zero-order chi connectivity index (χ0) is 26.0. The van der Waals surface area contributed by atoms with Crippen molar-refractivity contribution in [3.8, 4) is 0 Å². The number of benzene rings is 2. The van der Waals surface area contributed by atoms with E-state index in [1.54, 1.807) is 30.3 Å². The van der Waals surface area contributed by atoms with Gasteiger partial charge in [0, 0.05) is 36.2 Å². The fourth-order valence-corrected chi connectivity index (χ4v) is 5.74. The number of aliphatic hydroxyl groups is 1. The molecule has 2 aromatic rings. The third-order valence-electron chi connectivity index (χ3n) is 5.07. The molecule has 3 rings (SSSR count). The first-order valence-electron chi connectivity index (χ1n) is 10.1. The Morgan fingerprint density at radius 3 is 2.31 bits per heavy atom. The van der Waals surface area contributed by atoms with Crippen molar-refractivity contribution >= 4 is 43.2 Å². The molecule has 9 nitrogen and oxygen atoms in total. The number of aliphatic hydroxyl groups excluding tert-OH is 1. The number of nitrogens with one attached hydrogen (secondary N) is 1. The molecule has 0 spiro atoms. The van der Waals surface area contributed by atoms with Gasteiger partial charge >= 0.3 is 5.51 Å². The minimum Gasteiger partial charge on any atom is -0.389 e. The fraction of sp³-hybridized carbons (Fsp3) is 0.350. The van der Waals surface area contributed by atoms with Crippen molar-refractivity contribution in [2.24, 2.45) is 5.14 Å². The van der Waals surface area contributed by atoms with Gasteiger partial charge in [-0.3, -0.25) is 4.79 Å². The topological polar surface area (TPSA) is 147 Å². The first-order valence-corrected chi connectivity index (χ1v) is 14.1. The number of carbonyl (C=O) groups excluding carboxylic acids is 1. The second-order valence-electron chi connectivity index (χ2n) is 7.77. The van der Waals surface area contributed by atoms with E-state index in [-0.39, 0.29) is 31.2 Å². The number of halogens is 3. The Labute approximate surface area is 204 Å². The number of amides is 1. The molecule has 1 heterocycles. The van der Waals surface area contributed by atoms with Gasteiger partial charge in [0.15, 0.2) is 0 Å². The van der Waals surface area contributed by atoms with Crippen LogP contribution in [0.4, 0.5) is 18.9 Å². The molecule has 2 aromatic carbocycles. The Kier molecular flexibility index (Phi) is 8.06. The standard InChI is InChI=1S/C20H22F3N3O6S3/c21-20(22,23)34(29,30)18-9-16(35(24,31)32)6-7-17(18)25-13(8-19(28)26-10-14(27)11-26)12-33-15-4-2-1-3-5-15/h1-7,9,13-14,25,27H,8,10-12H2,(H2,24,31,32). The van der Waals surface area contributed by atoms with E-state index in [1.165, 1.54) is 16.7 Å². The van der Waals surface area contributed by atoms with Crippen molar-refractivity contribution in [1.82, 2.24) is 4.90 Å². The zero-order valence-corrected chi connectivity index (χ0v) is 20.4. The molecule has 0 bridgehead atoms. The number of sulfone groups is 1. The molecule has 0 saturated carbocycles. The van der Waals surface area contributed by atoms with Crippen LogP contribution in [-0.2, 0) is 24.7 Å². The summed E-state index contributed by atoms with van der Waals surface area (Å²) in [6.07, 6.45) is -0.868. The van der Waals surface area contributed by atoms with Crippen molar-refractivity contribution in [3.63, 3.8) is 0 Å². The van der Waals surface area contributed by atoms with Crippen LogP contribution in [0.5, 0.6) is 0 Å². The molecule has 1 amide bonds. The Hall–Kier alpha value is -2.33. The van der Waals surface area contributed by atoms with Crippen LogP contribution in [-0.4, -0.2) is 69.2 Å². The van der Waals surface area contributed by atoms with E-state index in [9.17, 15) is 39.9 Å². The molecule has 0 aliphatic carbocycles. The summed E-state index contributed by atoms with van der Waals surface area (Å²) in [6.45, 7) is 0.238. The number of primary sulfonamides is 1. The summed E-state index contributed by atoms with van der Waals surface area (Å²) in [4.78, 5) is 12.6. The average molecular weight is 554 g/mol. The van der Waals surface area contributed by atoms with Crippen molar-refractivity contribution in [3.05, 3.63) is 48.5 Å². The number of likely N-dealkylation sites (tertiary alicyclic amines) is 1. The molecule has 35 heavy (non-hydrogen) atoms. The predicted octanol–water partition coefficient (Wildman–Crippen LogP) is 1.79. The summed E-state index contributed by atoms with van der Waals surface area (Å²) in [5, 5.41) is 17.1. The minimum absolute atomic E-state index is 0.119. The van der Waals surface area contributed by atoms with Gasteiger partial charge in [-0.05, 0) is 30.3 Å². The van der Waals surface area contributed by atoms with E-state index >= 15 is 0 Å². The lowest BCUT2D eigenvalue weighted by Crippen LogP contribution is -2.54. The summed E-state index contributed by atoms with van der Waals surface area (Å²) in [5.74, 6) is -0.225. The van der Waals surface area contributed by atoms with Gasteiger partial charge in [-0.1, -0.05) is 18.2 Å². The summed E-state index contributed by atoms with van der Waals surface area (Å²) in [5.41, 5.74) is -6.23. The largest absolute Gasteiger partial charge is 0.501 e. The lowest BCUT2D eigenvalue weighted by atomic mass is 10.1. The van der Waals surface area contributed by atoms with Crippen LogP contribution >= 0.6 is 11.8 Å². The maximum absolute atomic E-state index is 13.4. The smallest absolute Gasteiger partial charge is 0.389 e. The molecule has 4 N–H and O–H groups in total. The number of alkyl halides is 3. The summed E-state index contributed by atoms with van der Waals surface area (Å²) >= 11 is 1.28. The van der Waals surface area contributed by atoms with Crippen LogP contribution in [0, 0.1) is 0 Å². The van der Waals surface area contributed by atoms with E-state index in [0.29, 0.717) is 6.07 Å². The molecule has 1 unspecified atom stereocenters. The number of nitrogens with two attached hydrogens (primary N) is 1. The van der Waals surface area contributed by atoms with Gasteiger partial charge in [-0.2, -0.15) is 13.2 Å². The average Bonchev–Trinajstić information content (AvgIpc) is 2.74. The van der Waals surface area contributed by atoms with Crippen molar-refractivity contribution < 1.29 is 39.9 Å². The summed E-state index contributed by atoms with van der Waals surface area (Å²) < 4.78 is 87.8. The van der Waals surface area contributed by atoms with Crippen LogP contribution in [0.2, 0.25) is 0 Å². The number of nitrogens with zero attached hydrogens (tertiary/aromatic N) is 1. The maximum atomic E-state index is 13.4. The highest BCUT2D eigenvalue weighted by molar-refractivity contribution is 7.99. The maximum Gasteiger partial charge on any atom is 0.501 e. The van der Waals surface area contributed by atoms with Crippen LogP contribution in [0.15, 0.2) is 63.2 Å². The van der Waals surface area contributed by atoms with Gasteiger partial charge in [-0.15, -0.1) is 11.8 Å². The van der Waals surface area contributed by atoms with Gasteiger partial charge in [0.25, 0.3) is 9.84 Å². The number of β-amino-alcohol motifs (C(OH)–C–C–N with tert-alkyl or cyclic N) is 1. The molecule has 1 aliphatic heterocycles. The monoisotopic (exact) mass is 553 g/mol. The number of carbonyl (C=O) groups is 1. The number of hydrogen-bond acceptors (Lipinski definition) is 8. The Morgan fingerprint density at radius 2 is 1.77 bits per heavy atom. The SMILES string of the molecule is NS(=O)(=O)c1ccc(NC(CSc2ccccc2)CC(=O)N2CC(O)C2)c(S(=O)(=O)C(F)(F)F)c1. The molecular weight excluding hydrogens is 531 g/mol. The summed E-state index contributed by atoms with van der Waals surface area (Å²) in [7, 11) is -10.5. The third kappa shape index (κ3) is 6.67. The highest BCUT2D eigenvalue weighted by Gasteiger charge is 2.48. The number of anilines is 1. The molecule has 0 aromatic heterocycles. The number of thioether (sulfide) groups is 1. The van der Waals surface area contributed by atoms with E-state index in [4.69, 9.17) is 5.14 Å². The fourth-order valence-electron chi connectivity index (χ4n) is 3.23. The second-order valence-corrected chi connectivity index (χ2v) is 12.3. The van der Waals surface area contributed by atoms with Crippen molar-refractivity contribution in [1.29, 1.82) is 0 Å². The van der Waals surface area contributed by atoms with Crippen LogP contribution in [0.25, 0.3) is 0 Å². The predicted molar refractivity (Wildman–Crippen MR) is 123 cm³/mol. The number of sulfonamides is 1. The third-order valence-corrected chi connectivity index (χ3v) is 8.68. The highest BCUT2D eigenvalue weighted by atomic mass is 32.2. The van der Waals surface area contributed by atoms with Gasteiger partial charge in [0.2, 0.25) is 15.9 Å². The number of hydrogen-bond donors (Lipinski definition) is 3. The first kappa shape index (κ1) is 27.3. The second kappa shape index (κ2) is 10.3. The summed E-state index contributed by atoms with van der Waals surface area (Å²) in [6, 6.07) is 10.2. The van der Waals surface area contributed by atoms with Crippen molar-refractivity contribution in [2.45, 2.75) is 38.8 Å². The molecule has 192 valence electrons. The van der Waals surface area contributed by atoms with Crippen molar-refractivity contribution in [2.75, 3.05) is 24.2 Å². The molecule has 1 fully saturated rings. The zero-order valence-electron chi connectivity index (χ0n) is 18.0. The lowest BCUT2D eigenvalue weighted by Gasteiger charge is -2.37. The molecule has 1 aliphatic rings. The Morgan fingerprint density at radius 1 is 1.14 bits per heavy atom. The molecule has 1 saturated heterocycles. The van der Waals surface area contributed by atoms with E-state index in [1.807, 2.05) is 0 Å². The van der Waals surface area contributed by atoms with Gasteiger partial charge in [0.1, 0.15) is 4.90 Å². The number of rotatable bonds is 9. The van der Waals surface area contributed by atoms with Crippen LogP contribution in [0.1, 0.15) is 6.42 Å². The molecule has 1 atom stereocenters. The molecule has 15 heteroatoms. The van der Waals surface area contributed by atoms with Crippen LogP contribution < -0.4 is 10.5 Å². The van der Waals surface area contributed by atoms with Crippen LogP contribution in [0.3, 0.4) is 0 Å². The van der Waals surface area contributed by atoms with Gasteiger partial charge in [-0.25, -0.2) is 22.0 Å².